The number of hydrogen-bond acceptors (Lipinski definition) is 0. The van der Waals surface area contributed by atoms with Gasteiger partial charge < -0.3 is 0 Å². The summed E-state index contributed by atoms with van der Waals surface area (Å²) in [4.78, 5) is 0. The quantitative estimate of drug-likeness (QED) is 0.167. The third kappa shape index (κ3) is 4.40. The van der Waals surface area contributed by atoms with Gasteiger partial charge in [-0.05, 0) is 0 Å². The molecule has 2 heteroatoms. The molecule has 0 saturated heterocycles. The van der Waals surface area contributed by atoms with Gasteiger partial charge in [-0.2, -0.15) is 0 Å². The van der Waals surface area contributed by atoms with E-state index in [1.54, 1.807) is 11.1 Å². The molecule has 0 amide bonds. The molecule has 0 aromatic heterocycles. The molecule has 4 aromatic carbocycles. The van der Waals surface area contributed by atoms with Crippen LogP contribution in [0.25, 0.3) is 34.4 Å². The van der Waals surface area contributed by atoms with Gasteiger partial charge in [-0.3, -0.25) is 0 Å². The Kier molecular flexibility index (Phi) is 6.09. The van der Waals surface area contributed by atoms with Gasteiger partial charge in [0.05, 0.1) is 0 Å². The monoisotopic (exact) mass is 722 g/mol. The summed E-state index contributed by atoms with van der Waals surface area (Å²) in [5, 5.41) is 0. The van der Waals surface area contributed by atoms with Gasteiger partial charge in [-0.25, -0.2) is 0 Å². The van der Waals surface area contributed by atoms with Crippen molar-refractivity contribution in [1.29, 1.82) is 0 Å². The summed E-state index contributed by atoms with van der Waals surface area (Å²) in [6.07, 6.45) is 12.7. The molecule has 2 unspecified atom stereocenters. The molecule has 0 aliphatic heterocycles. The Balaban J connectivity index is 1.56. The topological polar surface area (TPSA) is 0 Å². The van der Waals surface area contributed by atoms with Gasteiger partial charge in [0.25, 0.3) is 0 Å². The van der Waals surface area contributed by atoms with Gasteiger partial charge in [0.2, 0.25) is 0 Å². The number of allylic oxidation sites excluding steroid dienone is 2. The Labute approximate surface area is 243 Å². The van der Waals surface area contributed by atoms with Crippen molar-refractivity contribution in [3.8, 4) is 22.3 Å². The molecular weight excluding hydrogens is 675 g/mol. The summed E-state index contributed by atoms with van der Waals surface area (Å²) < 4.78 is 10.7. The number of benzene rings is 4. The van der Waals surface area contributed by atoms with Crippen molar-refractivity contribution < 1.29 is 14.2 Å². The van der Waals surface area contributed by atoms with Crippen LogP contribution in [0.4, 0.5) is 0 Å². The molecule has 2 aliphatic rings. The van der Waals surface area contributed by atoms with E-state index in [9.17, 15) is 0 Å². The third-order valence-electron chi connectivity index (χ3n) is 11.4. The Morgan fingerprint density at radius 1 is 0.610 bits per heavy atom. The normalized spacial score (nSPS) is 20.1. The first-order valence-corrected chi connectivity index (χ1v) is 41.4. The van der Waals surface area contributed by atoms with E-state index in [2.05, 4.69) is 151 Å². The fourth-order valence-electron chi connectivity index (χ4n) is 8.70. The summed E-state index contributed by atoms with van der Waals surface area (Å²) in [6, 6.07) is 32.3. The van der Waals surface area contributed by atoms with Crippen LogP contribution >= 0.6 is 0 Å². The van der Waals surface area contributed by atoms with Gasteiger partial charge in [0.15, 0.2) is 0 Å². The number of aryl methyl sites for hydroxylation is 2. The Morgan fingerprint density at radius 3 is 1.41 bits per heavy atom. The van der Waals surface area contributed by atoms with E-state index in [1.807, 2.05) is 0 Å². The van der Waals surface area contributed by atoms with Crippen LogP contribution in [0.2, 0.25) is 18.2 Å². The second kappa shape index (κ2) is 8.74. The van der Waals surface area contributed by atoms with Crippen LogP contribution in [0.1, 0.15) is 60.5 Å². The van der Waals surface area contributed by atoms with Crippen LogP contribution in [-0.4, -0.2) is 6.94 Å². The Morgan fingerprint density at radius 2 is 1.02 bits per heavy atom. The zero-order valence-corrected chi connectivity index (χ0v) is 30.9. The van der Waals surface area contributed by atoms with Crippen LogP contribution in [0.3, 0.4) is 0 Å². The molecule has 0 radical (unpaired) electrons. The van der Waals surface area contributed by atoms with Crippen LogP contribution in [-0.2, 0) is 14.2 Å². The average molecular weight is 721 g/mol. The molecule has 0 bridgehead atoms. The molecule has 6 rings (SSSR count). The second-order valence-electron chi connectivity index (χ2n) is 16.7. The van der Waals surface area contributed by atoms with E-state index in [0.717, 1.165) is 0 Å². The molecule has 210 valence electrons. The van der Waals surface area contributed by atoms with Gasteiger partial charge in [0.1, 0.15) is 0 Å². The predicted molar refractivity (Wildman–Crippen MR) is 183 cm³/mol. The third-order valence-corrected chi connectivity index (χ3v) is 57.5. The van der Waals surface area contributed by atoms with Crippen LogP contribution in [0.15, 0.2) is 97.1 Å². The molecule has 2 aliphatic carbocycles. The zero-order valence-electron chi connectivity index (χ0n) is 25.9. The molecular formula is C39H46HfSi. The standard InChI is InChI=1S/2C16H13.C4H9.3CH3.Hf.H2Si/c2*1-12-8-10-14(11-9-12)16-7-3-5-13-4-2-6-15(13)16;1-3-4-2;;;;;/h2*2-11H,1H3;1,3-4H2,2H3;3*1H3;;1H2. The van der Waals surface area contributed by atoms with Crippen molar-refractivity contribution in [2.45, 2.75) is 59.2 Å². The van der Waals surface area contributed by atoms with Crippen molar-refractivity contribution in [2.24, 2.45) is 0 Å². The summed E-state index contributed by atoms with van der Waals surface area (Å²) in [5.41, 5.74) is 13.9. The van der Waals surface area contributed by atoms with Crippen molar-refractivity contribution in [3.05, 3.63) is 130 Å². The van der Waals surface area contributed by atoms with Gasteiger partial charge in [0, 0.05) is 0 Å². The Bertz CT molecular complexity index is 1740. The maximum absolute atomic E-state index is 4.87. The maximum atomic E-state index is 2.82. The molecule has 0 spiro atoms. The number of hydrogen-bond donors (Lipinski definition) is 0. The van der Waals surface area contributed by atoms with Gasteiger partial charge in [-0.1, -0.05) is 0 Å². The van der Waals surface area contributed by atoms with Crippen molar-refractivity contribution >= 4 is 19.1 Å². The Hall–Kier alpha value is -2.55. The SMILES string of the molecule is CCC[CH2][Hf]([CH3])([CH3])([CH3])(=[SiH2])([CH]1C=Cc2c(-c3ccc(C)cc3)cccc21)[CH]1C=Cc2c(-c3ccc(C)cc3)cccc21. The number of rotatable bonds is 7. The molecule has 0 nitrogen and oxygen atoms in total. The van der Waals surface area contributed by atoms with Crippen molar-refractivity contribution in [1.82, 2.24) is 0 Å². The molecule has 41 heavy (non-hydrogen) atoms. The van der Waals surface area contributed by atoms with Crippen LogP contribution < -0.4 is 0 Å². The van der Waals surface area contributed by atoms with Crippen molar-refractivity contribution in [3.63, 3.8) is 0 Å². The summed E-state index contributed by atoms with van der Waals surface area (Å²) in [5.74, 6) is 0. The number of unbranched alkanes of at least 4 members (excludes halogenated alkanes) is 1. The van der Waals surface area contributed by atoms with E-state index in [-0.39, 0.29) is 0 Å². The van der Waals surface area contributed by atoms with Crippen LogP contribution in [0.5, 0.6) is 0 Å². The molecule has 0 heterocycles. The fraction of sp³-hybridized carbons (Fsp3) is 0.282. The minimum absolute atomic E-state index is 0.438. The van der Waals surface area contributed by atoms with E-state index < -0.39 is 14.2 Å². The average Bonchev–Trinajstić information content (AvgIpc) is 3.60. The first-order chi connectivity index (χ1) is 19.3. The zero-order chi connectivity index (χ0) is 29.2. The minimum atomic E-state index is -4.87. The summed E-state index contributed by atoms with van der Waals surface area (Å²) >= 11 is -4.87. The molecule has 2 atom stereocenters. The van der Waals surface area contributed by atoms with E-state index in [1.165, 1.54) is 61.5 Å². The molecule has 4 aromatic rings. The first kappa shape index (κ1) is 28.6. The summed E-state index contributed by atoms with van der Waals surface area (Å²) in [7, 11) is 0. The first-order valence-electron chi connectivity index (χ1n) is 15.6. The predicted octanol–water partition coefficient (Wildman–Crippen LogP) is 11.1. The van der Waals surface area contributed by atoms with Gasteiger partial charge >= 0.3 is 245 Å². The molecule has 0 N–H and O–H groups in total. The summed E-state index contributed by atoms with van der Waals surface area (Å²) in [6.45, 7) is 9.20. The van der Waals surface area contributed by atoms with E-state index >= 15 is 0 Å². The van der Waals surface area contributed by atoms with Gasteiger partial charge in [-0.15, -0.1) is 0 Å². The van der Waals surface area contributed by atoms with E-state index in [4.69, 9.17) is 0 Å². The van der Waals surface area contributed by atoms with Crippen molar-refractivity contribution in [2.75, 3.05) is 0 Å². The second-order valence-corrected chi connectivity index (χ2v) is 98.4. The number of fused-ring (bicyclic) bond motifs is 2. The fourth-order valence-corrected chi connectivity index (χ4v) is 48.2. The molecule has 0 saturated carbocycles. The van der Waals surface area contributed by atoms with E-state index in [0.29, 0.717) is 7.35 Å². The molecule has 0 fully saturated rings. The van der Waals surface area contributed by atoms with Crippen LogP contribution in [0, 0.1) is 13.8 Å².